The largest absolute Gasteiger partial charge is 0.351 e. The van der Waals surface area contributed by atoms with Crippen LogP contribution in [0.2, 0.25) is 5.02 Å². The molecule has 0 radical (unpaired) electrons. The van der Waals surface area contributed by atoms with Crippen LogP contribution >= 0.6 is 11.6 Å². The van der Waals surface area contributed by atoms with Gasteiger partial charge in [0.15, 0.2) is 0 Å². The molecule has 1 heterocycles. The third-order valence-corrected chi connectivity index (χ3v) is 6.98. The molecule has 2 amide bonds. The number of carbonyl (C=O) groups excluding carboxylic acids is 2. The van der Waals surface area contributed by atoms with Crippen LogP contribution in [-0.4, -0.2) is 62.2 Å². The third-order valence-electron chi connectivity index (χ3n) is 4.61. The average molecular weight is 416 g/mol. The fourth-order valence-corrected chi connectivity index (χ4v) is 4.74. The second-order valence-corrected chi connectivity index (χ2v) is 8.67. The van der Waals surface area contributed by atoms with Crippen molar-refractivity contribution in [3.8, 4) is 0 Å². The summed E-state index contributed by atoms with van der Waals surface area (Å²) in [6, 6.07) is 4.08. The number of nitrogens with zero attached hydrogens (tertiary/aromatic N) is 2. The van der Waals surface area contributed by atoms with Gasteiger partial charge in [0.05, 0.1) is 15.5 Å². The molecule has 0 unspecified atom stereocenters. The van der Waals surface area contributed by atoms with Crippen molar-refractivity contribution in [2.75, 3.05) is 32.7 Å². The van der Waals surface area contributed by atoms with Gasteiger partial charge >= 0.3 is 0 Å². The van der Waals surface area contributed by atoms with Crippen LogP contribution in [0.5, 0.6) is 0 Å². The summed E-state index contributed by atoms with van der Waals surface area (Å²) in [7, 11) is -3.69. The van der Waals surface area contributed by atoms with Gasteiger partial charge in [-0.3, -0.25) is 9.59 Å². The quantitative estimate of drug-likeness (QED) is 0.704. The van der Waals surface area contributed by atoms with E-state index in [9.17, 15) is 18.0 Å². The highest BCUT2D eigenvalue weighted by Crippen LogP contribution is 2.23. The molecule has 0 aromatic heterocycles. The molecule has 0 saturated carbocycles. The first-order chi connectivity index (χ1) is 12.8. The fourth-order valence-electron chi connectivity index (χ4n) is 3.05. The lowest BCUT2D eigenvalue weighted by Gasteiger charge is -2.19. The van der Waals surface area contributed by atoms with Gasteiger partial charge in [0.25, 0.3) is 5.91 Å². The van der Waals surface area contributed by atoms with E-state index in [1.165, 1.54) is 22.5 Å². The van der Waals surface area contributed by atoms with Gasteiger partial charge in [-0.25, -0.2) is 8.42 Å². The Bertz CT molecular complexity index is 788. The summed E-state index contributed by atoms with van der Waals surface area (Å²) in [5, 5.41) is 2.81. The minimum absolute atomic E-state index is 0.0109. The molecule has 1 aromatic carbocycles. The molecule has 150 valence electrons. The van der Waals surface area contributed by atoms with Gasteiger partial charge in [-0.05, 0) is 31.0 Å². The second-order valence-electron chi connectivity index (χ2n) is 6.32. The maximum atomic E-state index is 12.6. The van der Waals surface area contributed by atoms with Gasteiger partial charge in [-0.1, -0.05) is 25.4 Å². The second kappa shape index (κ2) is 9.52. The molecule has 1 aliphatic rings. The van der Waals surface area contributed by atoms with Crippen molar-refractivity contribution in [3.05, 3.63) is 28.8 Å². The Morgan fingerprint density at radius 3 is 2.41 bits per heavy atom. The molecule has 0 atom stereocenters. The van der Waals surface area contributed by atoms with E-state index >= 15 is 0 Å². The number of amides is 2. The van der Waals surface area contributed by atoms with Crippen molar-refractivity contribution in [2.24, 2.45) is 0 Å². The van der Waals surface area contributed by atoms with Crippen molar-refractivity contribution < 1.29 is 18.0 Å². The molecule has 2 rings (SSSR count). The zero-order chi connectivity index (χ0) is 20.0. The van der Waals surface area contributed by atoms with Gasteiger partial charge in [0.1, 0.15) is 0 Å². The van der Waals surface area contributed by atoms with Crippen LogP contribution in [0.4, 0.5) is 0 Å². The zero-order valence-corrected chi connectivity index (χ0v) is 17.3. The molecule has 0 aliphatic carbocycles. The van der Waals surface area contributed by atoms with Crippen molar-refractivity contribution in [1.29, 1.82) is 0 Å². The highest BCUT2D eigenvalue weighted by atomic mass is 35.5. The van der Waals surface area contributed by atoms with E-state index < -0.39 is 15.9 Å². The molecule has 0 bridgehead atoms. The number of nitrogens with one attached hydrogen (secondary N) is 1. The molecular formula is C18H26ClN3O4S. The summed E-state index contributed by atoms with van der Waals surface area (Å²) < 4.78 is 26.6. The van der Waals surface area contributed by atoms with Crippen LogP contribution in [-0.2, 0) is 14.8 Å². The summed E-state index contributed by atoms with van der Waals surface area (Å²) in [5.41, 5.74) is 0.0820. The van der Waals surface area contributed by atoms with Gasteiger partial charge < -0.3 is 10.2 Å². The van der Waals surface area contributed by atoms with Crippen molar-refractivity contribution >= 4 is 33.4 Å². The van der Waals surface area contributed by atoms with E-state index in [0.29, 0.717) is 13.1 Å². The molecule has 27 heavy (non-hydrogen) atoms. The predicted octanol–water partition coefficient (Wildman–Crippen LogP) is 2.11. The Labute approximate surface area is 165 Å². The summed E-state index contributed by atoms with van der Waals surface area (Å²) in [4.78, 5) is 26.3. The fraction of sp³-hybridized carbons (Fsp3) is 0.556. The highest BCUT2D eigenvalue weighted by molar-refractivity contribution is 7.89. The number of sulfonamides is 1. The maximum absolute atomic E-state index is 12.6. The molecule has 9 heteroatoms. The predicted molar refractivity (Wildman–Crippen MR) is 104 cm³/mol. The van der Waals surface area contributed by atoms with Crippen LogP contribution < -0.4 is 5.32 Å². The first-order valence-electron chi connectivity index (χ1n) is 9.17. The Morgan fingerprint density at radius 1 is 1.19 bits per heavy atom. The van der Waals surface area contributed by atoms with Gasteiger partial charge in [-0.2, -0.15) is 4.31 Å². The topological polar surface area (TPSA) is 86.8 Å². The summed E-state index contributed by atoms with van der Waals surface area (Å²) in [6.07, 6.45) is 2.24. The van der Waals surface area contributed by atoms with E-state index in [4.69, 9.17) is 11.6 Å². The van der Waals surface area contributed by atoms with E-state index in [1.807, 2.05) is 0 Å². The Balaban J connectivity index is 2.06. The lowest BCUT2D eigenvalue weighted by Crippen LogP contribution is -2.33. The monoisotopic (exact) mass is 415 g/mol. The number of rotatable bonds is 8. The summed E-state index contributed by atoms with van der Waals surface area (Å²) in [5.74, 6) is -0.484. The Kier molecular flexibility index (Phi) is 7.64. The van der Waals surface area contributed by atoms with Crippen LogP contribution in [0.25, 0.3) is 0 Å². The van der Waals surface area contributed by atoms with Crippen molar-refractivity contribution in [1.82, 2.24) is 14.5 Å². The van der Waals surface area contributed by atoms with Crippen molar-refractivity contribution in [2.45, 2.75) is 38.0 Å². The normalized spacial score (nSPS) is 14.6. The van der Waals surface area contributed by atoms with E-state index in [2.05, 4.69) is 5.32 Å². The third kappa shape index (κ3) is 5.21. The molecule has 1 fully saturated rings. The van der Waals surface area contributed by atoms with Gasteiger partial charge in [-0.15, -0.1) is 0 Å². The number of halogens is 1. The Morgan fingerprint density at radius 2 is 1.81 bits per heavy atom. The maximum Gasteiger partial charge on any atom is 0.252 e. The summed E-state index contributed by atoms with van der Waals surface area (Å²) >= 11 is 6.09. The minimum atomic E-state index is -3.69. The minimum Gasteiger partial charge on any atom is -0.351 e. The van der Waals surface area contributed by atoms with Gasteiger partial charge in [0.2, 0.25) is 15.9 Å². The molecular weight excluding hydrogens is 390 g/mol. The average Bonchev–Trinajstić information content (AvgIpc) is 3.17. The smallest absolute Gasteiger partial charge is 0.252 e. The molecule has 1 aromatic rings. The molecule has 1 aliphatic heterocycles. The van der Waals surface area contributed by atoms with E-state index in [1.54, 1.807) is 18.7 Å². The number of hydrogen-bond acceptors (Lipinski definition) is 4. The first kappa shape index (κ1) is 21.7. The van der Waals surface area contributed by atoms with Crippen molar-refractivity contribution in [3.63, 3.8) is 0 Å². The van der Waals surface area contributed by atoms with E-state index in [-0.39, 0.29) is 34.4 Å². The molecule has 1 saturated heterocycles. The van der Waals surface area contributed by atoms with Crippen LogP contribution in [0.3, 0.4) is 0 Å². The van der Waals surface area contributed by atoms with E-state index in [0.717, 1.165) is 25.9 Å². The van der Waals surface area contributed by atoms with Crippen LogP contribution in [0.15, 0.2) is 23.1 Å². The number of hydrogen-bond donors (Lipinski definition) is 1. The molecule has 7 nitrogen and oxygen atoms in total. The number of carbonyl (C=O) groups is 2. The molecule has 1 N–H and O–H groups in total. The Hall–Kier alpha value is -1.64. The summed E-state index contributed by atoms with van der Waals surface area (Å²) in [6.45, 7) is 5.89. The SMILES string of the molecule is CCN(CC)S(=O)(=O)c1ccc(Cl)c(C(=O)NCCC(=O)N2CCCC2)c1. The first-order valence-corrected chi connectivity index (χ1v) is 11.0. The number of benzene rings is 1. The standard InChI is InChI=1S/C18H26ClN3O4S/c1-3-22(4-2)27(25,26)14-7-8-16(19)15(13-14)18(24)20-10-9-17(23)21-11-5-6-12-21/h7-8,13H,3-6,9-12H2,1-2H3,(H,20,24). The number of likely N-dealkylation sites (tertiary alicyclic amines) is 1. The van der Waals surface area contributed by atoms with Crippen LogP contribution in [0.1, 0.15) is 43.5 Å². The lowest BCUT2D eigenvalue weighted by molar-refractivity contribution is -0.129. The lowest BCUT2D eigenvalue weighted by atomic mass is 10.2. The highest BCUT2D eigenvalue weighted by Gasteiger charge is 2.24. The van der Waals surface area contributed by atoms with Gasteiger partial charge in [0, 0.05) is 39.1 Å². The molecule has 0 spiro atoms. The zero-order valence-electron chi connectivity index (χ0n) is 15.7. The van der Waals surface area contributed by atoms with Crippen LogP contribution in [0, 0.1) is 0 Å².